The second-order valence-corrected chi connectivity index (χ2v) is 10.6. The van der Waals surface area contributed by atoms with E-state index in [0.717, 1.165) is 29.0 Å². The highest BCUT2D eigenvalue weighted by molar-refractivity contribution is 7.98. The van der Waals surface area contributed by atoms with E-state index in [-0.39, 0.29) is 16.9 Å². The highest BCUT2D eigenvalue weighted by Gasteiger charge is 2.42. The number of anilines is 1. The molecule has 0 bridgehead atoms. The van der Waals surface area contributed by atoms with E-state index in [1.165, 1.54) is 23.9 Å². The molecule has 5 rings (SSSR count). The number of aromatic nitrogens is 3. The summed E-state index contributed by atoms with van der Waals surface area (Å²) in [5.74, 6) is 1.96. The van der Waals surface area contributed by atoms with Crippen molar-refractivity contribution in [2.75, 3.05) is 11.9 Å². The SMILES string of the molecule is CCOc1ccccc1C1C2=C(CC(C)(C)CC2=O)Nc2nc(SCc3ccc([N+](=O)[O-])cc3)nn21. The lowest BCUT2D eigenvalue weighted by Gasteiger charge is -2.38. The normalized spacial score (nSPS) is 18.3. The van der Waals surface area contributed by atoms with Crippen molar-refractivity contribution in [2.45, 2.75) is 50.6 Å². The number of allylic oxidation sites excluding steroid dienone is 2. The van der Waals surface area contributed by atoms with Gasteiger partial charge >= 0.3 is 0 Å². The lowest BCUT2D eigenvalue weighted by atomic mass is 9.73. The third-order valence-corrected chi connectivity index (χ3v) is 7.25. The number of hydrogen-bond donors (Lipinski definition) is 1. The van der Waals surface area contributed by atoms with Gasteiger partial charge in [0, 0.05) is 41.1 Å². The minimum absolute atomic E-state index is 0.0589. The van der Waals surface area contributed by atoms with Gasteiger partial charge < -0.3 is 10.1 Å². The zero-order valence-corrected chi connectivity index (χ0v) is 21.2. The van der Waals surface area contributed by atoms with Crippen LogP contribution in [-0.4, -0.2) is 32.1 Å². The molecule has 186 valence electrons. The van der Waals surface area contributed by atoms with Crippen LogP contribution in [0.1, 0.15) is 50.8 Å². The summed E-state index contributed by atoms with van der Waals surface area (Å²) in [6.07, 6.45) is 1.20. The van der Waals surface area contributed by atoms with Crippen molar-refractivity contribution >= 4 is 29.2 Å². The predicted octanol–water partition coefficient (Wildman–Crippen LogP) is 5.54. The monoisotopic (exact) mass is 505 g/mol. The van der Waals surface area contributed by atoms with Crippen molar-refractivity contribution in [1.29, 1.82) is 0 Å². The van der Waals surface area contributed by atoms with E-state index in [1.807, 2.05) is 31.2 Å². The summed E-state index contributed by atoms with van der Waals surface area (Å²) >= 11 is 1.44. The first-order chi connectivity index (χ1) is 17.3. The number of ketones is 1. The van der Waals surface area contributed by atoms with Crippen LogP contribution in [0.3, 0.4) is 0 Å². The second kappa shape index (κ2) is 9.42. The van der Waals surface area contributed by atoms with Gasteiger partial charge in [-0.05, 0) is 30.4 Å². The van der Waals surface area contributed by atoms with Gasteiger partial charge in [0.05, 0.1) is 11.5 Å². The number of rotatable bonds is 7. The third kappa shape index (κ3) is 4.60. The molecular formula is C26H27N5O4S. The molecule has 1 N–H and O–H groups in total. The summed E-state index contributed by atoms with van der Waals surface area (Å²) in [6.45, 7) is 6.65. The Hall–Kier alpha value is -3.66. The number of thioether (sulfide) groups is 1. The molecule has 0 spiro atoms. The Morgan fingerprint density at radius 2 is 1.94 bits per heavy atom. The van der Waals surface area contributed by atoms with Crippen molar-refractivity contribution < 1.29 is 14.5 Å². The van der Waals surface area contributed by atoms with Crippen LogP contribution in [0.15, 0.2) is 65.0 Å². The molecule has 0 saturated heterocycles. The number of nitrogens with zero attached hydrogens (tertiary/aromatic N) is 4. The van der Waals surface area contributed by atoms with E-state index in [9.17, 15) is 14.9 Å². The Balaban J connectivity index is 1.51. The van der Waals surface area contributed by atoms with Crippen molar-refractivity contribution in [3.8, 4) is 5.75 Å². The highest BCUT2D eigenvalue weighted by Crippen LogP contribution is 2.47. The minimum Gasteiger partial charge on any atom is -0.494 e. The molecule has 9 nitrogen and oxygen atoms in total. The second-order valence-electron chi connectivity index (χ2n) is 9.71. The average molecular weight is 506 g/mol. The molecule has 2 aromatic carbocycles. The van der Waals surface area contributed by atoms with Gasteiger partial charge in [-0.2, -0.15) is 4.98 Å². The number of hydrogen-bond acceptors (Lipinski definition) is 8. The number of nitro benzene ring substituents is 1. The fourth-order valence-corrected chi connectivity index (χ4v) is 5.58. The third-order valence-electron chi connectivity index (χ3n) is 6.34. The van der Waals surface area contributed by atoms with Gasteiger partial charge in [0.1, 0.15) is 11.8 Å². The zero-order valence-electron chi connectivity index (χ0n) is 20.4. The van der Waals surface area contributed by atoms with Crippen LogP contribution in [0.2, 0.25) is 0 Å². The molecule has 1 aromatic heterocycles. The number of nitro groups is 1. The number of non-ortho nitro benzene ring substituents is 1. The van der Waals surface area contributed by atoms with E-state index in [4.69, 9.17) is 14.8 Å². The van der Waals surface area contributed by atoms with Gasteiger partial charge in [-0.3, -0.25) is 14.9 Å². The first-order valence-electron chi connectivity index (χ1n) is 11.8. The van der Waals surface area contributed by atoms with Crippen LogP contribution in [0.25, 0.3) is 0 Å². The topological polar surface area (TPSA) is 112 Å². The summed E-state index contributed by atoms with van der Waals surface area (Å²) in [5, 5.41) is 19.7. The fourth-order valence-electron chi connectivity index (χ4n) is 4.79. The summed E-state index contributed by atoms with van der Waals surface area (Å²) < 4.78 is 7.71. The first kappa shape index (κ1) is 24.1. The Kier molecular flexibility index (Phi) is 6.29. The number of para-hydroxylation sites is 1. The van der Waals surface area contributed by atoms with Gasteiger partial charge in [-0.25, -0.2) is 4.68 Å². The molecule has 1 aliphatic heterocycles. The summed E-state index contributed by atoms with van der Waals surface area (Å²) in [6, 6.07) is 13.8. The van der Waals surface area contributed by atoms with Crippen molar-refractivity contribution in [3.05, 3.63) is 81.0 Å². The smallest absolute Gasteiger partial charge is 0.269 e. The Labute approximate surface area is 213 Å². The molecule has 10 heteroatoms. The zero-order chi connectivity index (χ0) is 25.4. The number of carbonyl (C=O) groups excluding carboxylic acids is 1. The van der Waals surface area contributed by atoms with Crippen LogP contribution in [0.5, 0.6) is 5.75 Å². The van der Waals surface area contributed by atoms with E-state index in [1.54, 1.807) is 16.8 Å². The lowest BCUT2D eigenvalue weighted by Crippen LogP contribution is -2.36. The molecule has 36 heavy (non-hydrogen) atoms. The predicted molar refractivity (Wildman–Crippen MR) is 137 cm³/mol. The van der Waals surface area contributed by atoms with Crippen LogP contribution < -0.4 is 10.1 Å². The number of carbonyl (C=O) groups is 1. The average Bonchev–Trinajstić information content (AvgIpc) is 3.24. The number of fused-ring (bicyclic) bond motifs is 1. The number of benzene rings is 2. The maximum atomic E-state index is 13.4. The highest BCUT2D eigenvalue weighted by atomic mass is 32.2. The quantitative estimate of drug-likeness (QED) is 0.253. The van der Waals surface area contributed by atoms with E-state index >= 15 is 0 Å². The van der Waals surface area contributed by atoms with Crippen LogP contribution in [0, 0.1) is 15.5 Å². The molecule has 1 aliphatic carbocycles. The van der Waals surface area contributed by atoms with Crippen molar-refractivity contribution in [3.63, 3.8) is 0 Å². The molecule has 2 aliphatic rings. The van der Waals surface area contributed by atoms with E-state index in [2.05, 4.69) is 19.2 Å². The minimum atomic E-state index is -0.441. The van der Waals surface area contributed by atoms with Gasteiger partial charge in [-0.15, -0.1) is 5.10 Å². The van der Waals surface area contributed by atoms with Gasteiger partial charge in [0.2, 0.25) is 11.1 Å². The molecule has 0 fully saturated rings. The molecule has 0 radical (unpaired) electrons. The van der Waals surface area contributed by atoms with Crippen LogP contribution >= 0.6 is 11.8 Å². The Morgan fingerprint density at radius 1 is 1.19 bits per heavy atom. The molecule has 0 amide bonds. The van der Waals surface area contributed by atoms with Crippen LogP contribution in [-0.2, 0) is 10.5 Å². The van der Waals surface area contributed by atoms with Crippen molar-refractivity contribution in [1.82, 2.24) is 14.8 Å². The van der Waals surface area contributed by atoms with Gasteiger partial charge in [-0.1, -0.05) is 55.9 Å². The maximum Gasteiger partial charge on any atom is 0.269 e. The molecule has 1 unspecified atom stereocenters. The summed E-state index contributed by atoms with van der Waals surface area (Å²) in [7, 11) is 0. The maximum absolute atomic E-state index is 13.4. The van der Waals surface area contributed by atoms with Crippen LogP contribution in [0.4, 0.5) is 11.6 Å². The standard InChI is InChI=1S/C26H27N5O4S/c1-4-35-21-8-6-5-7-18(21)23-22-19(13-26(2,3)14-20(22)32)27-24-28-25(29-30(23)24)36-15-16-9-11-17(12-10-16)31(33)34/h5-12,23H,4,13-15H2,1-3H3,(H,27,28,29). The number of ether oxygens (including phenoxy) is 1. The molecule has 3 aromatic rings. The Bertz CT molecular complexity index is 1360. The van der Waals surface area contributed by atoms with E-state index < -0.39 is 11.0 Å². The lowest BCUT2D eigenvalue weighted by molar-refractivity contribution is -0.384. The number of Topliss-reactive ketones (excluding diaryl/α,β-unsaturated/α-hetero) is 1. The van der Waals surface area contributed by atoms with Crippen molar-refractivity contribution in [2.24, 2.45) is 5.41 Å². The van der Waals surface area contributed by atoms with Gasteiger partial charge in [0.15, 0.2) is 5.78 Å². The molecule has 1 atom stereocenters. The van der Waals surface area contributed by atoms with Gasteiger partial charge in [0.25, 0.3) is 5.69 Å². The Morgan fingerprint density at radius 3 is 2.67 bits per heavy atom. The summed E-state index contributed by atoms with van der Waals surface area (Å²) in [4.78, 5) is 28.7. The molecular weight excluding hydrogens is 478 g/mol. The largest absolute Gasteiger partial charge is 0.494 e. The fraction of sp³-hybridized carbons (Fsp3) is 0.346. The molecule has 2 heterocycles. The summed E-state index contributed by atoms with van der Waals surface area (Å²) in [5.41, 5.74) is 3.31. The first-order valence-corrected chi connectivity index (χ1v) is 12.8. The molecule has 0 saturated carbocycles. The van der Waals surface area contributed by atoms with E-state index in [0.29, 0.717) is 35.5 Å². The number of nitrogens with one attached hydrogen (secondary N) is 1.